The molecule has 9 heteroatoms. The van der Waals surface area contributed by atoms with E-state index in [9.17, 15) is 9.59 Å². The van der Waals surface area contributed by atoms with E-state index in [0.717, 1.165) is 11.3 Å². The Morgan fingerprint density at radius 2 is 1.88 bits per heavy atom. The summed E-state index contributed by atoms with van der Waals surface area (Å²) in [6.07, 6.45) is 0. The van der Waals surface area contributed by atoms with E-state index in [1.54, 1.807) is 48.2 Å². The van der Waals surface area contributed by atoms with E-state index >= 15 is 0 Å². The van der Waals surface area contributed by atoms with Crippen LogP contribution in [0.3, 0.4) is 0 Å². The first-order valence-electron chi connectivity index (χ1n) is 9.94. The molecular formula is C23H23N3O6. The van der Waals surface area contributed by atoms with Gasteiger partial charge in [0.15, 0.2) is 6.61 Å². The molecule has 2 heterocycles. The number of methoxy groups -OCH3 is 2. The number of hydrogen-bond donors (Lipinski definition) is 1. The first-order valence-corrected chi connectivity index (χ1v) is 9.94. The highest BCUT2D eigenvalue weighted by Gasteiger charge is 2.28. The molecule has 0 unspecified atom stereocenters. The molecule has 1 N–H and O–H groups in total. The standard InChI is InChI=1S/C23H23N3O6/c1-13-16(14(2)32-25-13)11-26-17-10-15(8-9-18(17)31-12-21(26)27)24-23(28)22-19(29-3)6-5-7-20(22)30-4/h5-10H,11-12H2,1-4H3,(H,24,28). The molecule has 1 aliphatic rings. The molecule has 0 spiro atoms. The second kappa shape index (κ2) is 8.62. The first-order chi connectivity index (χ1) is 15.4. The molecule has 9 nitrogen and oxygen atoms in total. The third-order valence-corrected chi connectivity index (χ3v) is 5.31. The predicted octanol–water partition coefficient (Wildman–Crippen LogP) is 3.49. The average Bonchev–Trinajstić information content (AvgIpc) is 3.12. The molecule has 0 aliphatic carbocycles. The van der Waals surface area contributed by atoms with Gasteiger partial charge in [0.2, 0.25) is 0 Å². The van der Waals surface area contributed by atoms with Gasteiger partial charge in [-0.25, -0.2) is 0 Å². The minimum absolute atomic E-state index is 0.0690. The van der Waals surface area contributed by atoms with Crippen LogP contribution in [0.2, 0.25) is 0 Å². The van der Waals surface area contributed by atoms with Gasteiger partial charge in [0.1, 0.15) is 28.6 Å². The highest BCUT2D eigenvalue weighted by Crippen LogP contribution is 2.37. The fourth-order valence-electron chi connectivity index (χ4n) is 3.61. The third-order valence-electron chi connectivity index (χ3n) is 5.31. The van der Waals surface area contributed by atoms with Crippen LogP contribution in [0.5, 0.6) is 17.2 Å². The number of aryl methyl sites for hydroxylation is 2. The largest absolute Gasteiger partial charge is 0.496 e. The smallest absolute Gasteiger partial charge is 0.265 e. The van der Waals surface area contributed by atoms with E-state index < -0.39 is 5.91 Å². The van der Waals surface area contributed by atoms with Crippen molar-refractivity contribution < 1.29 is 28.3 Å². The molecule has 0 fully saturated rings. The van der Waals surface area contributed by atoms with E-state index in [4.69, 9.17) is 18.7 Å². The maximum absolute atomic E-state index is 13.0. The number of rotatable bonds is 6. The summed E-state index contributed by atoms with van der Waals surface area (Å²) in [5, 5.41) is 6.81. The van der Waals surface area contributed by atoms with Crippen molar-refractivity contribution in [3.05, 3.63) is 59.0 Å². The van der Waals surface area contributed by atoms with Crippen LogP contribution in [0, 0.1) is 13.8 Å². The number of anilines is 2. The Kier molecular flexibility index (Phi) is 5.72. The Hall–Kier alpha value is -4.01. The highest BCUT2D eigenvalue weighted by molar-refractivity contribution is 6.09. The van der Waals surface area contributed by atoms with Crippen LogP contribution in [-0.4, -0.2) is 37.8 Å². The lowest BCUT2D eigenvalue weighted by Gasteiger charge is -2.29. The molecule has 1 aromatic heterocycles. The maximum Gasteiger partial charge on any atom is 0.265 e. The van der Waals surface area contributed by atoms with Gasteiger partial charge < -0.3 is 29.0 Å². The van der Waals surface area contributed by atoms with E-state index in [1.165, 1.54) is 14.2 Å². The molecule has 0 saturated carbocycles. The Balaban J connectivity index is 1.66. The lowest BCUT2D eigenvalue weighted by Crippen LogP contribution is -2.38. The second-order valence-corrected chi connectivity index (χ2v) is 7.25. The third kappa shape index (κ3) is 3.84. The molecule has 0 bridgehead atoms. The molecule has 1 aliphatic heterocycles. The van der Waals surface area contributed by atoms with Crippen molar-refractivity contribution in [2.24, 2.45) is 0 Å². The number of carbonyl (C=O) groups is 2. The van der Waals surface area contributed by atoms with Gasteiger partial charge in [0.25, 0.3) is 11.8 Å². The zero-order valence-electron chi connectivity index (χ0n) is 18.2. The number of nitrogens with zero attached hydrogens (tertiary/aromatic N) is 2. The van der Waals surface area contributed by atoms with E-state index in [1.807, 2.05) is 6.92 Å². The topological polar surface area (TPSA) is 103 Å². The Bertz CT molecular complexity index is 1140. The zero-order chi connectivity index (χ0) is 22.8. The van der Waals surface area contributed by atoms with Gasteiger partial charge in [-0.1, -0.05) is 11.2 Å². The van der Waals surface area contributed by atoms with Crippen molar-refractivity contribution in [1.29, 1.82) is 0 Å². The van der Waals surface area contributed by atoms with Crippen LogP contribution in [0.15, 0.2) is 40.9 Å². The summed E-state index contributed by atoms with van der Waals surface area (Å²) in [6, 6.07) is 10.2. The van der Waals surface area contributed by atoms with E-state index in [2.05, 4.69) is 10.5 Å². The van der Waals surface area contributed by atoms with E-state index in [0.29, 0.717) is 34.4 Å². The number of fused-ring (bicyclic) bond motifs is 1. The fraction of sp³-hybridized carbons (Fsp3) is 0.261. The molecule has 166 valence electrons. The second-order valence-electron chi connectivity index (χ2n) is 7.25. The van der Waals surface area contributed by atoms with Crippen LogP contribution in [0.4, 0.5) is 11.4 Å². The maximum atomic E-state index is 13.0. The van der Waals surface area contributed by atoms with Gasteiger partial charge in [0, 0.05) is 11.3 Å². The summed E-state index contributed by atoms with van der Waals surface area (Å²) < 4.78 is 21.5. The molecule has 2 amide bonds. The quantitative estimate of drug-likeness (QED) is 0.630. The molecule has 0 saturated heterocycles. The van der Waals surface area contributed by atoms with Gasteiger partial charge in [0.05, 0.1) is 32.1 Å². The highest BCUT2D eigenvalue weighted by atomic mass is 16.5. The normalized spacial score (nSPS) is 12.8. The van der Waals surface area contributed by atoms with Crippen molar-refractivity contribution in [1.82, 2.24) is 5.16 Å². The molecule has 32 heavy (non-hydrogen) atoms. The summed E-state index contributed by atoms with van der Waals surface area (Å²) in [6.45, 7) is 3.85. The Morgan fingerprint density at radius 1 is 1.16 bits per heavy atom. The van der Waals surface area contributed by atoms with Crippen LogP contribution in [0.25, 0.3) is 0 Å². The van der Waals surface area contributed by atoms with Crippen molar-refractivity contribution in [3.8, 4) is 17.2 Å². The summed E-state index contributed by atoms with van der Waals surface area (Å²) in [5.74, 6) is 1.36. The van der Waals surface area contributed by atoms with E-state index in [-0.39, 0.29) is 24.6 Å². The Morgan fingerprint density at radius 3 is 2.50 bits per heavy atom. The number of hydrogen-bond acceptors (Lipinski definition) is 7. The van der Waals surface area contributed by atoms with Crippen LogP contribution in [0.1, 0.15) is 27.4 Å². The summed E-state index contributed by atoms with van der Waals surface area (Å²) >= 11 is 0. The number of amides is 2. The number of nitrogens with one attached hydrogen (secondary N) is 1. The zero-order valence-corrected chi connectivity index (χ0v) is 18.2. The number of benzene rings is 2. The van der Waals surface area contributed by atoms with Gasteiger partial charge >= 0.3 is 0 Å². The van der Waals surface area contributed by atoms with Gasteiger partial charge in [-0.15, -0.1) is 0 Å². The summed E-state index contributed by atoms with van der Waals surface area (Å²) in [4.78, 5) is 27.3. The number of ether oxygens (including phenoxy) is 3. The van der Waals surface area contributed by atoms with Crippen molar-refractivity contribution in [2.75, 3.05) is 31.0 Å². The molecular weight excluding hydrogens is 414 g/mol. The van der Waals surface area contributed by atoms with Crippen LogP contribution < -0.4 is 24.4 Å². The average molecular weight is 437 g/mol. The molecule has 4 rings (SSSR count). The van der Waals surface area contributed by atoms with Crippen LogP contribution >= 0.6 is 0 Å². The summed E-state index contributed by atoms with van der Waals surface area (Å²) in [5.41, 5.74) is 2.86. The first kappa shape index (κ1) is 21.2. The molecule has 0 radical (unpaired) electrons. The van der Waals surface area contributed by atoms with Gasteiger partial charge in [-0.3, -0.25) is 9.59 Å². The summed E-state index contributed by atoms with van der Waals surface area (Å²) in [7, 11) is 2.97. The van der Waals surface area contributed by atoms with Crippen molar-refractivity contribution in [3.63, 3.8) is 0 Å². The number of aromatic nitrogens is 1. The lowest BCUT2D eigenvalue weighted by molar-refractivity contribution is -0.121. The lowest BCUT2D eigenvalue weighted by atomic mass is 10.1. The molecule has 2 aromatic carbocycles. The SMILES string of the molecule is COc1cccc(OC)c1C(=O)Nc1ccc2c(c1)N(Cc1c(C)noc1C)C(=O)CO2. The Labute approximate surface area is 184 Å². The predicted molar refractivity (Wildman–Crippen MR) is 117 cm³/mol. The fourth-order valence-corrected chi connectivity index (χ4v) is 3.61. The van der Waals surface area contributed by atoms with Crippen molar-refractivity contribution in [2.45, 2.75) is 20.4 Å². The minimum atomic E-state index is -0.403. The van der Waals surface area contributed by atoms with Gasteiger partial charge in [-0.2, -0.15) is 0 Å². The van der Waals surface area contributed by atoms with Gasteiger partial charge in [-0.05, 0) is 44.2 Å². The van der Waals surface area contributed by atoms with Crippen molar-refractivity contribution >= 4 is 23.2 Å². The molecule has 0 atom stereocenters. The molecule has 3 aromatic rings. The monoisotopic (exact) mass is 437 g/mol. The number of carbonyl (C=O) groups excluding carboxylic acids is 2. The van der Waals surface area contributed by atoms with Crippen LogP contribution in [-0.2, 0) is 11.3 Å². The minimum Gasteiger partial charge on any atom is -0.496 e.